The molecule has 4 heterocycles. The number of anilines is 1. The lowest BCUT2D eigenvalue weighted by molar-refractivity contribution is -0.143. The van der Waals surface area contributed by atoms with Gasteiger partial charge in [-0.05, 0) is 12.5 Å². The molecule has 0 aromatic carbocycles. The van der Waals surface area contributed by atoms with Crippen molar-refractivity contribution in [3.63, 3.8) is 0 Å². The summed E-state index contributed by atoms with van der Waals surface area (Å²) in [6.45, 7) is 1.78. The summed E-state index contributed by atoms with van der Waals surface area (Å²) >= 11 is 1.48. The Bertz CT molecular complexity index is 1040. The Morgan fingerprint density at radius 3 is 2.65 bits per heavy atom. The zero-order chi connectivity index (χ0) is 22.0. The highest BCUT2D eigenvalue weighted by molar-refractivity contribution is 7.13. The second-order valence-corrected chi connectivity index (χ2v) is 7.57. The van der Waals surface area contributed by atoms with Gasteiger partial charge in [0.25, 0.3) is 5.91 Å². The zero-order valence-corrected chi connectivity index (χ0v) is 17.2. The first-order valence-corrected chi connectivity index (χ1v) is 10.2. The number of ether oxygens (including phenoxy) is 1. The third-order valence-electron chi connectivity index (χ3n) is 4.79. The Kier molecular flexibility index (Phi) is 5.76. The minimum absolute atomic E-state index is 0.148. The fraction of sp³-hybridized carbons (Fsp3) is 0.389. The van der Waals surface area contributed by atoms with Crippen LogP contribution in [0.1, 0.15) is 22.5 Å². The highest BCUT2D eigenvalue weighted by atomic mass is 32.1. The molecule has 0 N–H and O–H groups in total. The van der Waals surface area contributed by atoms with Crippen molar-refractivity contribution in [1.29, 1.82) is 0 Å². The second-order valence-electron chi connectivity index (χ2n) is 6.70. The Balaban J connectivity index is 1.61. The van der Waals surface area contributed by atoms with E-state index in [-0.39, 0.29) is 18.2 Å². The molecule has 31 heavy (non-hydrogen) atoms. The lowest BCUT2D eigenvalue weighted by atomic mass is 10.2. The predicted octanol–water partition coefficient (Wildman–Crippen LogP) is 2.50. The molecule has 1 aliphatic rings. The average Bonchev–Trinajstić information content (AvgIpc) is 3.39. The van der Waals surface area contributed by atoms with E-state index in [2.05, 4.69) is 20.3 Å². The maximum Gasteiger partial charge on any atom is 0.434 e. The number of nitrogens with zero attached hydrogens (tertiary/aromatic N) is 7. The highest BCUT2D eigenvalue weighted by Gasteiger charge is 2.42. The summed E-state index contributed by atoms with van der Waals surface area (Å²) in [6.07, 6.45) is -1.58. The lowest BCUT2D eigenvalue weighted by Crippen LogP contribution is -2.36. The summed E-state index contributed by atoms with van der Waals surface area (Å²) in [4.78, 5) is 20.8. The normalized spacial score (nSPS) is 15.1. The Morgan fingerprint density at radius 2 is 2.00 bits per heavy atom. The minimum Gasteiger partial charge on any atom is -0.480 e. The molecular weight excluding hydrogens is 435 g/mol. The molecule has 1 fully saturated rings. The van der Waals surface area contributed by atoms with Crippen molar-refractivity contribution in [2.24, 2.45) is 0 Å². The maximum absolute atomic E-state index is 13.9. The molecule has 0 spiro atoms. The molecule has 0 unspecified atom stereocenters. The number of alkyl halides is 3. The standard InChI is InChI=1S/C18H18F3N7O2S/c1-30-14-4-3-13(24-25-14)28-15(18(19,20)21)12(11-23-28)16(29)26-6-2-7-27(9-8-26)17-22-5-10-31-17/h3-5,10-11H,2,6-9H2,1H3. The summed E-state index contributed by atoms with van der Waals surface area (Å²) in [5.74, 6) is -0.742. The van der Waals surface area contributed by atoms with Gasteiger partial charge in [0.05, 0.1) is 18.9 Å². The van der Waals surface area contributed by atoms with Crippen LogP contribution in [0.15, 0.2) is 29.9 Å². The molecule has 3 aromatic rings. The molecule has 13 heteroatoms. The van der Waals surface area contributed by atoms with Crippen molar-refractivity contribution >= 4 is 22.4 Å². The molecule has 0 radical (unpaired) electrons. The van der Waals surface area contributed by atoms with E-state index >= 15 is 0 Å². The van der Waals surface area contributed by atoms with Gasteiger partial charge in [0.1, 0.15) is 0 Å². The van der Waals surface area contributed by atoms with Gasteiger partial charge in [-0.15, -0.1) is 21.5 Å². The van der Waals surface area contributed by atoms with Crippen LogP contribution in [0, 0.1) is 0 Å². The first-order valence-electron chi connectivity index (χ1n) is 9.35. The maximum atomic E-state index is 13.9. The molecule has 0 saturated carbocycles. The molecule has 3 aromatic heterocycles. The number of thiazole rings is 1. The largest absolute Gasteiger partial charge is 0.480 e. The number of carbonyl (C=O) groups excluding carboxylic acids is 1. The number of amides is 1. The summed E-state index contributed by atoms with van der Waals surface area (Å²) in [7, 11) is 1.37. The molecule has 164 valence electrons. The van der Waals surface area contributed by atoms with Crippen LogP contribution in [0.25, 0.3) is 5.82 Å². The van der Waals surface area contributed by atoms with Crippen molar-refractivity contribution < 1.29 is 22.7 Å². The van der Waals surface area contributed by atoms with Crippen molar-refractivity contribution in [2.75, 3.05) is 38.2 Å². The minimum atomic E-state index is -4.82. The van der Waals surface area contributed by atoms with Crippen molar-refractivity contribution in [3.8, 4) is 11.7 Å². The molecule has 1 amide bonds. The van der Waals surface area contributed by atoms with Gasteiger partial charge in [-0.3, -0.25) is 4.79 Å². The Labute approximate surface area is 179 Å². The first kappa shape index (κ1) is 21.0. The molecule has 9 nitrogen and oxygen atoms in total. The van der Waals surface area contributed by atoms with Gasteiger partial charge in [-0.25, -0.2) is 9.67 Å². The van der Waals surface area contributed by atoms with Gasteiger partial charge < -0.3 is 14.5 Å². The summed E-state index contributed by atoms with van der Waals surface area (Å²) in [6, 6.07) is 2.66. The molecule has 0 bridgehead atoms. The smallest absolute Gasteiger partial charge is 0.434 e. The number of halogens is 3. The lowest BCUT2D eigenvalue weighted by Gasteiger charge is -2.22. The van der Waals surface area contributed by atoms with E-state index in [1.807, 2.05) is 10.3 Å². The fourth-order valence-corrected chi connectivity index (χ4v) is 4.04. The zero-order valence-electron chi connectivity index (χ0n) is 16.4. The van der Waals surface area contributed by atoms with Gasteiger partial charge >= 0.3 is 6.18 Å². The van der Waals surface area contributed by atoms with Crippen LogP contribution in [-0.4, -0.2) is 69.1 Å². The molecule has 1 aliphatic heterocycles. The summed E-state index contributed by atoms with van der Waals surface area (Å²) < 4.78 is 47.2. The Morgan fingerprint density at radius 1 is 1.16 bits per heavy atom. The van der Waals surface area contributed by atoms with E-state index in [9.17, 15) is 18.0 Å². The fourth-order valence-electron chi connectivity index (χ4n) is 3.34. The quantitative estimate of drug-likeness (QED) is 0.600. The van der Waals surface area contributed by atoms with E-state index < -0.39 is 23.3 Å². The van der Waals surface area contributed by atoms with E-state index in [0.717, 1.165) is 11.3 Å². The SMILES string of the molecule is COc1ccc(-n2ncc(C(=O)N3CCCN(c4nccs4)CC3)c2C(F)(F)F)nn1. The number of carbonyl (C=O) groups is 1. The topological polar surface area (TPSA) is 89.3 Å². The highest BCUT2D eigenvalue weighted by Crippen LogP contribution is 2.34. The van der Waals surface area contributed by atoms with E-state index in [0.29, 0.717) is 30.7 Å². The third-order valence-corrected chi connectivity index (χ3v) is 5.63. The van der Waals surface area contributed by atoms with Crippen LogP contribution in [0.2, 0.25) is 0 Å². The van der Waals surface area contributed by atoms with Gasteiger partial charge in [-0.1, -0.05) is 0 Å². The molecule has 0 atom stereocenters. The van der Waals surface area contributed by atoms with Gasteiger partial charge in [0, 0.05) is 43.8 Å². The van der Waals surface area contributed by atoms with Gasteiger partial charge in [-0.2, -0.15) is 18.3 Å². The van der Waals surface area contributed by atoms with Crippen molar-refractivity contribution in [3.05, 3.63) is 41.2 Å². The first-order chi connectivity index (χ1) is 14.9. The van der Waals surface area contributed by atoms with Crippen LogP contribution in [0.3, 0.4) is 0 Å². The van der Waals surface area contributed by atoms with E-state index in [1.165, 1.54) is 35.5 Å². The van der Waals surface area contributed by atoms with Crippen LogP contribution in [0.5, 0.6) is 5.88 Å². The summed E-state index contributed by atoms with van der Waals surface area (Å²) in [5.41, 5.74) is -1.70. The predicted molar refractivity (Wildman–Crippen MR) is 106 cm³/mol. The molecule has 1 saturated heterocycles. The monoisotopic (exact) mass is 453 g/mol. The molecule has 0 aliphatic carbocycles. The second kappa shape index (κ2) is 8.49. The van der Waals surface area contributed by atoms with Crippen molar-refractivity contribution in [1.82, 2.24) is 29.9 Å². The molecule has 4 rings (SSSR count). The number of methoxy groups -OCH3 is 1. The van der Waals surface area contributed by atoms with Crippen LogP contribution in [-0.2, 0) is 6.18 Å². The van der Waals surface area contributed by atoms with Gasteiger partial charge in [0.15, 0.2) is 16.6 Å². The number of aromatic nitrogens is 5. The Hall–Kier alpha value is -3.22. The summed E-state index contributed by atoms with van der Waals surface area (Å²) in [5, 5.41) is 13.9. The van der Waals surface area contributed by atoms with Crippen LogP contribution in [0.4, 0.5) is 18.3 Å². The van der Waals surface area contributed by atoms with E-state index in [4.69, 9.17) is 4.74 Å². The third kappa shape index (κ3) is 4.31. The van der Waals surface area contributed by atoms with Crippen LogP contribution >= 0.6 is 11.3 Å². The van der Waals surface area contributed by atoms with Crippen LogP contribution < -0.4 is 9.64 Å². The number of rotatable bonds is 4. The average molecular weight is 453 g/mol. The molecular formula is C18H18F3N7O2S. The van der Waals surface area contributed by atoms with Gasteiger partial charge in [0.2, 0.25) is 5.88 Å². The number of hydrogen-bond acceptors (Lipinski definition) is 8. The number of hydrogen-bond donors (Lipinski definition) is 0. The van der Waals surface area contributed by atoms with E-state index in [1.54, 1.807) is 6.20 Å². The van der Waals surface area contributed by atoms with Crippen molar-refractivity contribution in [2.45, 2.75) is 12.6 Å².